The van der Waals surface area contributed by atoms with Crippen molar-refractivity contribution in [2.75, 3.05) is 26.7 Å². The predicted molar refractivity (Wildman–Crippen MR) is 105 cm³/mol. The molecule has 1 aliphatic heterocycles. The van der Waals surface area contributed by atoms with Gasteiger partial charge >= 0.3 is 0 Å². The molecule has 23 heavy (non-hydrogen) atoms. The van der Waals surface area contributed by atoms with Crippen molar-refractivity contribution >= 4 is 29.9 Å². The van der Waals surface area contributed by atoms with Crippen molar-refractivity contribution in [2.24, 2.45) is 4.99 Å². The van der Waals surface area contributed by atoms with Crippen LogP contribution in [0.15, 0.2) is 29.3 Å². The van der Waals surface area contributed by atoms with E-state index in [0.29, 0.717) is 12.6 Å². The van der Waals surface area contributed by atoms with E-state index in [4.69, 9.17) is 0 Å². The predicted octanol–water partition coefficient (Wildman–Crippen LogP) is 2.98. The Morgan fingerprint density at radius 3 is 2.65 bits per heavy atom. The van der Waals surface area contributed by atoms with E-state index in [0.717, 1.165) is 24.5 Å². The number of likely N-dealkylation sites (tertiary alicyclic amines) is 1. The number of aliphatic imine (C=N–C) groups is 1. The third-order valence-electron chi connectivity index (χ3n) is 4.21. The second kappa shape index (κ2) is 10.8. The Labute approximate surface area is 156 Å². The first-order valence-corrected chi connectivity index (χ1v) is 8.16. The van der Waals surface area contributed by atoms with E-state index in [2.05, 4.69) is 27.4 Å². The number of rotatable bonds is 6. The monoisotopic (exact) mass is 434 g/mol. The van der Waals surface area contributed by atoms with Crippen molar-refractivity contribution in [1.29, 1.82) is 0 Å². The van der Waals surface area contributed by atoms with Crippen molar-refractivity contribution in [1.82, 2.24) is 15.5 Å². The summed E-state index contributed by atoms with van der Waals surface area (Å²) in [5.74, 6) is 0.559. The van der Waals surface area contributed by atoms with Crippen LogP contribution in [-0.4, -0.2) is 43.6 Å². The number of benzene rings is 1. The molecule has 0 aromatic heterocycles. The van der Waals surface area contributed by atoms with Gasteiger partial charge in [-0.15, -0.1) is 24.0 Å². The molecule has 1 aliphatic rings. The summed E-state index contributed by atoms with van der Waals surface area (Å²) in [5, 5.41) is 6.62. The highest BCUT2D eigenvalue weighted by Gasteiger charge is 2.20. The maximum absolute atomic E-state index is 13.2. The standard InChI is InChI=1S/C17H27FN4.HI/c1-3-16(22-9-4-5-10-22)13-21-17(19-2)20-12-14-7-6-8-15(18)11-14;/h6-8,11,16H,3-5,9-10,12-13H2,1-2H3,(H2,19,20,21);1H. The first kappa shape index (κ1) is 20.2. The molecule has 0 spiro atoms. The fourth-order valence-corrected chi connectivity index (χ4v) is 2.91. The summed E-state index contributed by atoms with van der Waals surface area (Å²) >= 11 is 0. The SMILES string of the molecule is CCC(CNC(=NC)NCc1cccc(F)c1)N1CCCC1.I. The van der Waals surface area contributed by atoms with Gasteiger partial charge in [-0.3, -0.25) is 9.89 Å². The van der Waals surface area contributed by atoms with Gasteiger partial charge in [0.15, 0.2) is 5.96 Å². The molecule has 1 heterocycles. The molecule has 1 aromatic carbocycles. The molecule has 2 rings (SSSR count). The Hall–Kier alpha value is -0.890. The van der Waals surface area contributed by atoms with Crippen molar-refractivity contribution in [3.8, 4) is 0 Å². The number of halogens is 2. The van der Waals surface area contributed by atoms with Crippen LogP contribution in [-0.2, 0) is 6.54 Å². The van der Waals surface area contributed by atoms with Crippen LogP contribution in [0.1, 0.15) is 31.7 Å². The summed E-state index contributed by atoms with van der Waals surface area (Å²) in [6, 6.07) is 7.18. The zero-order valence-electron chi connectivity index (χ0n) is 14.0. The lowest BCUT2D eigenvalue weighted by molar-refractivity contribution is 0.236. The van der Waals surface area contributed by atoms with E-state index in [1.54, 1.807) is 19.2 Å². The van der Waals surface area contributed by atoms with Crippen molar-refractivity contribution in [2.45, 2.75) is 38.8 Å². The molecule has 4 nitrogen and oxygen atoms in total. The second-order valence-electron chi connectivity index (χ2n) is 5.74. The van der Waals surface area contributed by atoms with Gasteiger partial charge in [0.1, 0.15) is 5.82 Å². The Morgan fingerprint density at radius 1 is 1.30 bits per heavy atom. The fraction of sp³-hybridized carbons (Fsp3) is 0.588. The second-order valence-corrected chi connectivity index (χ2v) is 5.74. The summed E-state index contributed by atoms with van der Waals surface area (Å²) in [7, 11) is 1.76. The molecule has 1 unspecified atom stereocenters. The average Bonchev–Trinajstić information content (AvgIpc) is 3.05. The van der Waals surface area contributed by atoms with E-state index < -0.39 is 0 Å². The molecule has 0 aliphatic carbocycles. The van der Waals surface area contributed by atoms with Crippen molar-refractivity contribution < 1.29 is 4.39 Å². The number of nitrogens with zero attached hydrogens (tertiary/aromatic N) is 2. The molecule has 1 atom stereocenters. The van der Waals surface area contributed by atoms with Crippen molar-refractivity contribution in [3.63, 3.8) is 0 Å². The number of hydrogen-bond donors (Lipinski definition) is 2. The minimum absolute atomic E-state index is 0. The Balaban J connectivity index is 0.00000264. The summed E-state index contributed by atoms with van der Waals surface area (Å²) < 4.78 is 13.2. The molecule has 2 N–H and O–H groups in total. The van der Waals surface area contributed by atoms with E-state index in [-0.39, 0.29) is 29.8 Å². The molecule has 0 amide bonds. The van der Waals surface area contributed by atoms with Gasteiger partial charge < -0.3 is 10.6 Å². The van der Waals surface area contributed by atoms with E-state index >= 15 is 0 Å². The van der Waals surface area contributed by atoms with Gasteiger partial charge in [-0.2, -0.15) is 0 Å². The molecule has 1 fully saturated rings. The third-order valence-corrected chi connectivity index (χ3v) is 4.21. The molecule has 6 heteroatoms. The smallest absolute Gasteiger partial charge is 0.191 e. The van der Waals surface area contributed by atoms with E-state index in [1.807, 2.05) is 6.07 Å². The normalized spacial score (nSPS) is 16.7. The van der Waals surface area contributed by atoms with Crippen LogP contribution in [0.3, 0.4) is 0 Å². The molecule has 0 radical (unpaired) electrons. The minimum atomic E-state index is -0.206. The largest absolute Gasteiger partial charge is 0.355 e. The number of nitrogens with one attached hydrogen (secondary N) is 2. The zero-order valence-corrected chi connectivity index (χ0v) is 16.3. The molecule has 0 saturated carbocycles. The molecule has 1 saturated heterocycles. The summed E-state index contributed by atoms with van der Waals surface area (Å²) in [4.78, 5) is 6.79. The highest BCUT2D eigenvalue weighted by atomic mass is 127. The van der Waals surface area contributed by atoms with Crippen LogP contribution >= 0.6 is 24.0 Å². The minimum Gasteiger partial charge on any atom is -0.355 e. The van der Waals surface area contributed by atoms with E-state index in [1.165, 1.54) is 32.0 Å². The van der Waals surface area contributed by atoms with Crippen LogP contribution in [0.2, 0.25) is 0 Å². The van der Waals surface area contributed by atoms with Gasteiger partial charge in [-0.1, -0.05) is 19.1 Å². The van der Waals surface area contributed by atoms with E-state index in [9.17, 15) is 4.39 Å². The molecular weight excluding hydrogens is 406 g/mol. The molecule has 1 aromatic rings. The third kappa shape index (κ3) is 6.63. The summed E-state index contributed by atoms with van der Waals surface area (Å²) in [5.41, 5.74) is 0.912. The number of hydrogen-bond acceptors (Lipinski definition) is 2. The topological polar surface area (TPSA) is 39.7 Å². The zero-order chi connectivity index (χ0) is 15.8. The average molecular weight is 434 g/mol. The van der Waals surface area contributed by atoms with Gasteiger partial charge in [0.2, 0.25) is 0 Å². The van der Waals surface area contributed by atoms with Gasteiger partial charge in [0, 0.05) is 26.2 Å². The van der Waals surface area contributed by atoms with Crippen LogP contribution in [0, 0.1) is 5.82 Å². The Morgan fingerprint density at radius 2 is 2.04 bits per heavy atom. The first-order chi connectivity index (χ1) is 10.7. The highest BCUT2D eigenvalue weighted by Crippen LogP contribution is 2.13. The lowest BCUT2D eigenvalue weighted by atomic mass is 10.2. The molecule has 0 bridgehead atoms. The van der Waals surface area contributed by atoms with Gasteiger partial charge in [-0.05, 0) is 50.0 Å². The van der Waals surface area contributed by atoms with Gasteiger partial charge in [0.05, 0.1) is 0 Å². The lowest BCUT2D eigenvalue weighted by Gasteiger charge is -2.27. The van der Waals surface area contributed by atoms with Crippen LogP contribution < -0.4 is 10.6 Å². The Bertz CT molecular complexity index is 489. The Kier molecular flexibility index (Phi) is 9.47. The van der Waals surface area contributed by atoms with Gasteiger partial charge in [-0.25, -0.2) is 4.39 Å². The fourth-order valence-electron chi connectivity index (χ4n) is 2.91. The van der Waals surface area contributed by atoms with Crippen LogP contribution in [0.5, 0.6) is 0 Å². The maximum Gasteiger partial charge on any atom is 0.191 e. The lowest BCUT2D eigenvalue weighted by Crippen LogP contribution is -2.46. The van der Waals surface area contributed by atoms with Gasteiger partial charge in [0.25, 0.3) is 0 Å². The summed E-state index contributed by atoms with van der Waals surface area (Å²) in [6.45, 7) is 6.09. The number of guanidine groups is 1. The van der Waals surface area contributed by atoms with Crippen LogP contribution in [0.4, 0.5) is 4.39 Å². The summed E-state index contributed by atoms with van der Waals surface area (Å²) in [6.07, 6.45) is 3.75. The quantitative estimate of drug-likeness (QED) is 0.411. The molecule has 130 valence electrons. The first-order valence-electron chi connectivity index (χ1n) is 8.16. The highest BCUT2D eigenvalue weighted by molar-refractivity contribution is 14.0. The van der Waals surface area contributed by atoms with Crippen LogP contribution in [0.25, 0.3) is 0 Å². The maximum atomic E-state index is 13.2. The van der Waals surface area contributed by atoms with Crippen molar-refractivity contribution in [3.05, 3.63) is 35.6 Å². The molecular formula is C17H28FIN4.